The van der Waals surface area contributed by atoms with Crippen LogP contribution in [0.15, 0.2) is 30.2 Å². The summed E-state index contributed by atoms with van der Waals surface area (Å²) in [6, 6.07) is -0.123. The Bertz CT molecular complexity index is 627. The Morgan fingerprint density at radius 3 is 2.94 bits per heavy atom. The normalized spacial score (nSPS) is 11.4. The highest BCUT2D eigenvalue weighted by atomic mass is 35.5. The van der Waals surface area contributed by atoms with Crippen molar-refractivity contribution in [3.05, 3.63) is 21.8 Å². The van der Waals surface area contributed by atoms with E-state index in [0.717, 1.165) is 4.74 Å². The Kier molecular flexibility index (Phi) is 3.47. The molecule has 0 aromatic carbocycles. The summed E-state index contributed by atoms with van der Waals surface area (Å²) in [7, 11) is 0. The van der Waals surface area contributed by atoms with E-state index in [4.69, 9.17) is 20.5 Å². The van der Waals surface area contributed by atoms with Gasteiger partial charge in [0.05, 0.1) is 12.7 Å². The largest absolute Gasteiger partial charge is 0.491 e. The van der Waals surface area contributed by atoms with Gasteiger partial charge in [-0.25, -0.2) is 4.79 Å². The van der Waals surface area contributed by atoms with E-state index in [1.165, 1.54) is 6.20 Å². The van der Waals surface area contributed by atoms with Gasteiger partial charge in [0.25, 0.3) is 5.88 Å². The molecule has 0 aliphatic carbocycles. The second-order valence-electron chi connectivity index (χ2n) is 3.30. The van der Waals surface area contributed by atoms with E-state index < -0.39 is 5.63 Å². The molecule has 0 unspecified atom stereocenters. The van der Waals surface area contributed by atoms with Crippen molar-refractivity contribution in [1.82, 2.24) is 9.72 Å². The predicted molar refractivity (Wildman–Crippen MR) is 60.6 cm³/mol. The van der Waals surface area contributed by atoms with Crippen LogP contribution in [0.4, 0.5) is 11.7 Å². The molecular formula is C9H9ClN4O4. The third-order valence-electron chi connectivity index (χ3n) is 1.96. The minimum absolute atomic E-state index is 0.0451. The van der Waals surface area contributed by atoms with Gasteiger partial charge >= 0.3 is 11.6 Å². The van der Waals surface area contributed by atoms with Gasteiger partial charge in [-0.1, -0.05) is 12.0 Å². The fraction of sp³-hybridized carbons (Fsp3) is 0.333. The number of aromatic nitrogens is 2. The van der Waals surface area contributed by atoms with Crippen LogP contribution < -0.4 is 5.63 Å². The van der Waals surface area contributed by atoms with E-state index in [2.05, 4.69) is 15.2 Å². The second-order valence-corrected chi connectivity index (χ2v) is 3.67. The van der Waals surface area contributed by atoms with Crippen LogP contribution in [-0.4, -0.2) is 14.8 Å². The number of aryl methyl sites for hydroxylation is 1. The first-order valence-corrected chi connectivity index (χ1v) is 5.45. The van der Waals surface area contributed by atoms with Gasteiger partial charge in [0, 0.05) is 0 Å². The molecule has 8 nitrogen and oxygen atoms in total. The lowest BCUT2D eigenvalue weighted by molar-refractivity contribution is 0.217. The van der Waals surface area contributed by atoms with Gasteiger partial charge in [-0.2, -0.15) is 9.72 Å². The van der Waals surface area contributed by atoms with Crippen molar-refractivity contribution < 1.29 is 14.0 Å². The zero-order valence-corrected chi connectivity index (χ0v) is 10.1. The number of azo groups is 1. The Labute approximate surface area is 105 Å². The lowest BCUT2D eigenvalue weighted by Crippen LogP contribution is -1.96. The summed E-state index contributed by atoms with van der Waals surface area (Å²) >= 11 is 5.49. The topological polar surface area (TPSA) is 106 Å². The Balaban J connectivity index is 2.29. The lowest BCUT2D eigenvalue weighted by Gasteiger charge is -1.96. The minimum Gasteiger partial charge on any atom is -0.491 e. The summed E-state index contributed by atoms with van der Waals surface area (Å²) in [6.07, 6.45) is 1.93. The van der Waals surface area contributed by atoms with Crippen LogP contribution in [-0.2, 0) is 6.54 Å². The van der Waals surface area contributed by atoms with Crippen LogP contribution >= 0.6 is 11.6 Å². The average Bonchev–Trinajstić information content (AvgIpc) is 2.84. The quantitative estimate of drug-likeness (QED) is 0.861. The fourth-order valence-electron chi connectivity index (χ4n) is 1.22. The summed E-state index contributed by atoms with van der Waals surface area (Å²) < 4.78 is 10.6. The van der Waals surface area contributed by atoms with E-state index in [0.29, 0.717) is 13.0 Å². The number of hydrogen-bond donors (Lipinski definition) is 1. The van der Waals surface area contributed by atoms with Crippen LogP contribution in [0.25, 0.3) is 0 Å². The maximum atomic E-state index is 11.4. The molecule has 0 spiro atoms. The summed E-state index contributed by atoms with van der Waals surface area (Å²) in [5, 5.41) is 16.8. The summed E-state index contributed by atoms with van der Waals surface area (Å²) in [5.41, 5.74) is -1.10. The van der Waals surface area contributed by atoms with Crippen LogP contribution in [0.5, 0.6) is 5.88 Å². The van der Waals surface area contributed by atoms with Crippen molar-refractivity contribution in [3.63, 3.8) is 0 Å². The number of halogens is 1. The van der Waals surface area contributed by atoms with Crippen molar-refractivity contribution in [2.75, 3.05) is 0 Å². The third kappa shape index (κ3) is 2.43. The third-order valence-corrected chi connectivity index (χ3v) is 2.14. The van der Waals surface area contributed by atoms with Crippen molar-refractivity contribution in [2.45, 2.75) is 19.9 Å². The van der Waals surface area contributed by atoms with Gasteiger partial charge < -0.3 is 14.0 Å². The molecule has 0 fully saturated rings. The molecule has 18 heavy (non-hydrogen) atoms. The first-order valence-electron chi connectivity index (χ1n) is 5.08. The summed E-state index contributed by atoms with van der Waals surface area (Å²) in [4.78, 5) is 15.0. The molecule has 9 heteroatoms. The molecule has 0 aliphatic rings. The van der Waals surface area contributed by atoms with E-state index in [9.17, 15) is 9.90 Å². The molecular weight excluding hydrogens is 264 g/mol. The number of hydrogen-bond acceptors (Lipinski definition) is 7. The Hall–Kier alpha value is -2.09. The molecule has 0 atom stereocenters. The zero-order chi connectivity index (χ0) is 13.1. The molecule has 0 aliphatic heterocycles. The molecule has 0 bridgehead atoms. The highest BCUT2D eigenvalue weighted by molar-refractivity contribution is 6.28. The standard InChI is InChI=1S/C9H9ClN4O4/c1-2-3-14-7(15)6(8(16)18-14)12-13-9-11-4-5(10)17-9/h4,15H,2-3H2,1H3. The number of oxazole rings is 1. The van der Waals surface area contributed by atoms with Gasteiger partial charge in [0.15, 0.2) is 0 Å². The molecule has 1 N–H and O–H groups in total. The SMILES string of the molecule is CCCn1oc(=O)c(N=Nc2ncc(Cl)o2)c1O. The van der Waals surface area contributed by atoms with Crippen LogP contribution in [0.3, 0.4) is 0 Å². The van der Waals surface area contributed by atoms with Crippen molar-refractivity contribution in [2.24, 2.45) is 10.2 Å². The molecule has 2 heterocycles. The number of nitrogens with zero attached hydrogens (tertiary/aromatic N) is 4. The minimum atomic E-state index is -0.789. The van der Waals surface area contributed by atoms with Gasteiger partial charge in [0.1, 0.15) is 0 Å². The Morgan fingerprint density at radius 2 is 2.33 bits per heavy atom. The average molecular weight is 273 g/mol. The molecule has 96 valence electrons. The molecule has 2 aromatic rings. The Morgan fingerprint density at radius 1 is 1.56 bits per heavy atom. The van der Waals surface area contributed by atoms with Gasteiger partial charge in [-0.05, 0) is 18.0 Å². The van der Waals surface area contributed by atoms with Crippen molar-refractivity contribution in [3.8, 4) is 5.88 Å². The fourth-order valence-corrected chi connectivity index (χ4v) is 1.34. The highest BCUT2D eigenvalue weighted by Crippen LogP contribution is 2.25. The van der Waals surface area contributed by atoms with Gasteiger partial charge in [-0.3, -0.25) is 0 Å². The number of rotatable bonds is 4. The first-order chi connectivity index (χ1) is 8.61. The smallest absolute Gasteiger partial charge is 0.389 e. The molecule has 0 radical (unpaired) electrons. The predicted octanol–water partition coefficient (Wildman–Crippen LogP) is 2.61. The first kappa shape index (κ1) is 12.4. The maximum Gasteiger partial charge on any atom is 0.389 e. The van der Waals surface area contributed by atoms with Crippen LogP contribution in [0, 0.1) is 0 Å². The van der Waals surface area contributed by atoms with E-state index in [1.807, 2.05) is 6.92 Å². The second kappa shape index (κ2) is 5.05. The molecule has 0 saturated heterocycles. The molecule has 2 aromatic heterocycles. The van der Waals surface area contributed by atoms with Gasteiger partial charge in [0.2, 0.25) is 10.9 Å². The highest BCUT2D eigenvalue weighted by Gasteiger charge is 2.16. The van der Waals surface area contributed by atoms with Crippen molar-refractivity contribution >= 4 is 23.3 Å². The van der Waals surface area contributed by atoms with E-state index >= 15 is 0 Å². The van der Waals surface area contributed by atoms with Crippen LogP contribution in [0.2, 0.25) is 5.22 Å². The summed E-state index contributed by atoms with van der Waals surface area (Å²) in [6.45, 7) is 2.23. The zero-order valence-electron chi connectivity index (χ0n) is 9.33. The van der Waals surface area contributed by atoms with Gasteiger partial charge in [-0.15, -0.1) is 5.11 Å². The van der Waals surface area contributed by atoms with E-state index in [-0.39, 0.29) is 22.8 Å². The number of aromatic hydroxyl groups is 1. The summed E-state index contributed by atoms with van der Waals surface area (Å²) in [5.74, 6) is -0.386. The van der Waals surface area contributed by atoms with Crippen LogP contribution in [0.1, 0.15) is 13.3 Å². The monoisotopic (exact) mass is 272 g/mol. The molecule has 0 amide bonds. The van der Waals surface area contributed by atoms with E-state index in [1.54, 1.807) is 0 Å². The molecule has 2 rings (SSSR count). The lowest BCUT2D eigenvalue weighted by atomic mass is 10.5. The maximum absolute atomic E-state index is 11.4. The van der Waals surface area contributed by atoms with Crippen molar-refractivity contribution in [1.29, 1.82) is 0 Å². The molecule has 0 saturated carbocycles.